The van der Waals surface area contributed by atoms with Crippen LogP contribution in [-0.4, -0.2) is 26.5 Å². The summed E-state index contributed by atoms with van der Waals surface area (Å²) in [5, 5.41) is -0.213. The fourth-order valence-electron chi connectivity index (χ4n) is 3.94. The van der Waals surface area contributed by atoms with E-state index in [9.17, 15) is 17.2 Å². The van der Waals surface area contributed by atoms with Crippen LogP contribution in [0.15, 0.2) is 62.9 Å². The number of hydrogen-bond donors (Lipinski definition) is 0. The number of hydrogen-bond acceptors (Lipinski definition) is 5. The van der Waals surface area contributed by atoms with Crippen LogP contribution in [0.1, 0.15) is 20.3 Å². The largest absolute Gasteiger partial charge is 0.419 e. The van der Waals surface area contributed by atoms with Crippen molar-refractivity contribution in [1.82, 2.24) is 4.98 Å². The van der Waals surface area contributed by atoms with E-state index in [1.807, 2.05) is 4.90 Å². The summed E-state index contributed by atoms with van der Waals surface area (Å²) in [6.07, 6.45) is 1.04. The lowest BCUT2D eigenvalue weighted by atomic mass is 9.92. The molecule has 0 radical (unpaired) electrons. The summed E-state index contributed by atoms with van der Waals surface area (Å²) in [6.45, 7) is 5.48. The van der Waals surface area contributed by atoms with E-state index in [0.717, 1.165) is 18.6 Å². The van der Waals surface area contributed by atoms with Crippen molar-refractivity contribution in [2.45, 2.75) is 30.2 Å². The van der Waals surface area contributed by atoms with Crippen LogP contribution in [0.2, 0.25) is 0 Å². The van der Waals surface area contributed by atoms with Crippen molar-refractivity contribution in [3.8, 4) is 11.5 Å². The van der Waals surface area contributed by atoms with Gasteiger partial charge in [0, 0.05) is 18.7 Å². The standard InChI is InChI=1S/C22H22F2N2O3S/c1-14-11-15(2)13-26(12-14)22-21(30(27,28)19-9-7-18(24)8-10-19)25-20(29-22)16-3-5-17(23)6-4-16/h3-10,14-15H,11-13H2,1-2H3. The number of benzene rings is 2. The maximum Gasteiger partial charge on any atom is 0.236 e. The van der Waals surface area contributed by atoms with Crippen molar-refractivity contribution in [3.63, 3.8) is 0 Å². The molecule has 0 spiro atoms. The quantitative estimate of drug-likeness (QED) is 0.547. The fourth-order valence-corrected chi connectivity index (χ4v) is 5.26. The summed E-state index contributed by atoms with van der Waals surface area (Å²) in [7, 11) is -4.05. The van der Waals surface area contributed by atoms with E-state index in [4.69, 9.17) is 4.42 Å². The summed E-state index contributed by atoms with van der Waals surface area (Å²) < 4.78 is 59.3. The molecule has 0 N–H and O–H groups in total. The molecule has 0 saturated carbocycles. The highest BCUT2D eigenvalue weighted by Crippen LogP contribution is 2.37. The molecule has 1 fully saturated rings. The molecule has 0 bridgehead atoms. The number of anilines is 1. The Hall–Kier alpha value is -2.74. The van der Waals surface area contributed by atoms with Crippen LogP contribution in [0.3, 0.4) is 0 Å². The highest BCUT2D eigenvalue weighted by molar-refractivity contribution is 7.91. The molecule has 2 heterocycles. The third-order valence-electron chi connectivity index (χ3n) is 5.21. The molecular weight excluding hydrogens is 410 g/mol. The topological polar surface area (TPSA) is 63.4 Å². The first-order valence-electron chi connectivity index (χ1n) is 9.76. The van der Waals surface area contributed by atoms with E-state index in [1.165, 1.54) is 36.4 Å². The van der Waals surface area contributed by atoms with Gasteiger partial charge in [-0.2, -0.15) is 4.98 Å². The normalized spacial score (nSPS) is 19.8. The van der Waals surface area contributed by atoms with Crippen molar-refractivity contribution in [3.05, 3.63) is 60.2 Å². The number of piperidine rings is 1. The zero-order valence-electron chi connectivity index (χ0n) is 16.7. The van der Waals surface area contributed by atoms with Gasteiger partial charge in [-0.1, -0.05) is 13.8 Å². The van der Waals surface area contributed by atoms with Gasteiger partial charge in [-0.3, -0.25) is 0 Å². The van der Waals surface area contributed by atoms with E-state index in [1.54, 1.807) is 0 Å². The molecule has 5 nitrogen and oxygen atoms in total. The van der Waals surface area contributed by atoms with Crippen molar-refractivity contribution < 1.29 is 21.6 Å². The average molecular weight is 432 g/mol. The molecule has 0 amide bonds. The summed E-state index contributed by atoms with van der Waals surface area (Å²) in [6, 6.07) is 10.1. The summed E-state index contributed by atoms with van der Waals surface area (Å²) >= 11 is 0. The zero-order chi connectivity index (χ0) is 21.5. The molecule has 8 heteroatoms. The number of rotatable bonds is 4. The number of oxazole rings is 1. The molecule has 4 rings (SSSR count). The SMILES string of the molecule is CC1CC(C)CN(c2oc(-c3ccc(F)cc3)nc2S(=O)(=O)c2ccc(F)cc2)C1. The molecular formula is C22H22F2N2O3S. The number of halogens is 2. The van der Waals surface area contributed by atoms with E-state index in [0.29, 0.717) is 30.5 Å². The van der Waals surface area contributed by atoms with E-state index in [-0.39, 0.29) is 21.7 Å². The Labute approximate surface area is 174 Å². The molecule has 1 aliphatic heterocycles. The number of aromatic nitrogens is 1. The van der Waals surface area contributed by atoms with Crippen molar-refractivity contribution in [1.29, 1.82) is 0 Å². The van der Waals surface area contributed by atoms with Crippen molar-refractivity contribution in [2.24, 2.45) is 11.8 Å². The van der Waals surface area contributed by atoms with Gasteiger partial charge in [0.2, 0.25) is 26.6 Å². The molecule has 3 aromatic rings. The van der Waals surface area contributed by atoms with Crippen LogP contribution in [0.4, 0.5) is 14.7 Å². The van der Waals surface area contributed by atoms with Gasteiger partial charge in [0.15, 0.2) is 0 Å². The van der Waals surface area contributed by atoms with Crippen LogP contribution < -0.4 is 4.90 Å². The summed E-state index contributed by atoms with van der Waals surface area (Å²) in [4.78, 5) is 6.12. The van der Waals surface area contributed by atoms with E-state index in [2.05, 4.69) is 18.8 Å². The molecule has 2 atom stereocenters. The van der Waals surface area contributed by atoms with Gasteiger partial charge in [0.25, 0.3) is 0 Å². The lowest BCUT2D eigenvalue weighted by molar-refractivity contribution is 0.342. The van der Waals surface area contributed by atoms with Gasteiger partial charge >= 0.3 is 0 Å². The molecule has 2 aromatic carbocycles. The smallest absolute Gasteiger partial charge is 0.236 e. The van der Waals surface area contributed by atoms with Crippen LogP contribution in [0, 0.1) is 23.5 Å². The van der Waals surface area contributed by atoms with Gasteiger partial charge in [0.05, 0.1) is 4.90 Å². The van der Waals surface area contributed by atoms with Crippen LogP contribution in [-0.2, 0) is 9.84 Å². The van der Waals surface area contributed by atoms with Crippen LogP contribution in [0.5, 0.6) is 0 Å². The molecule has 1 aromatic heterocycles. The predicted octanol–water partition coefficient (Wildman–Crippen LogP) is 4.93. The second-order valence-corrected chi connectivity index (χ2v) is 9.81. The Morgan fingerprint density at radius 3 is 2.03 bits per heavy atom. The van der Waals surface area contributed by atoms with Gasteiger partial charge in [0.1, 0.15) is 11.6 Å². The summed E-state index contributed by atoms with van der Waals surface area (Å²) in [5.74, 6) is 0.0287. The molecule has 1 saturated heterocycles. The van der Waals surface area contributed by atoms with E-state index < -0.39 is 21.5 Å². The maximum atomic E-state index is 13.3. The average Bonchev–Trinajstić information content (AvgIpc) is 3.14. The van der Waals surface area contributed by atoms with Crippen LogP contribution in [0.25, 0.3) is 11.5 Å². The van der Waals surface area contributed by atoms with Gasteiger partial charge in [-0.05, 0) is 66.8 Å². The summed E-state index contributed by atoms with van der Waals surface area (Å²) in [5.41, 5.74) is 0.469. The fraction of sp³-hybridized carbons (Fsp3) is 0.318. The minimum atomic E-state index is -4.05. The Balaban J connectivity index is 1.85. The highest BCUT2D eigenvalue weighted by Gasteiger charge is 2.34. The van der Waals surface area contributed by atoms with Crippen molar-refractivity contribution >= 4 is 15.7 Å². The molecule has 2 unspecified atom stereocenters. The second-order valence-electron chi connectivity index (χ2n) is 7.94. The first kappa shape index (κ1) is 20.5. The number of nitrogens with zero attached hydrogens (tertiary/aromatic N) is 2. The molecule has 0 aliphatic carbocycles. The van der Waals surface area contributed by atoms with Gasteiger partial charge < -0.3 is 9.32 Å². The first-order valence-corrected chi connectivity index (χ1v) is 11.2. The Morgan fingerprint density at radius 1 is 0.933 bits per heavy atom. The van der Waals surface area contributed by atoms with E-state index >= 15 is 0 Å². The van der Waals surface area contributed by atoms with Gasteiger partial charge in [-0.25, -0.2) is 17.2 Å². The first-order chi connectivity index (χ1) is 14.2. The predicted molar refractivity (Wildman–Crippen MR) is 109 cm³/mol. The zero-order valence-corrected chi connectivity index (χ0v) is 17.5. The Bertz CT molecular complexity index is 1130. The Kier molecular flexibility index (Phi) is 5.36. The number of sulfone groups is 1. The van der Waals surface area contributed by atoms with Gasteiger partial charge in [-0.15, -0.1) is 0 Å². The highest BCUT2D eigenvalue weighted by atomic mass is 32.2. The third kappa shape index (κ3) is 3.96. The molecule has 1 aliphatic rings. The lowest BCUT2D eigenvalue weighted by Crippen LogP contribution is -2.39. The molecule has 158 valence electrons. The molecule has 30 heavy (non-hydrogen) atoms. The lowest BCUT2D eigenvalue weighted by Gasteiger charge is -2.34. The third-order valence-corrected chi connectivity index (χ3v) is 6.87. The Morgan fingerprint density at radius 2 is 1.47 bits per heavy atom. The maximum absolute atomic E-state index is 13.3. The minimum Gasteiger partial charge on any atom is -0.419 e. The van der Waals surface area contributed by atoms with Crippen LogP contribution >= 0.6 is 0 Å². The van der Waals surface area contributed by atoms with Crippen molar-refractivity contribution in [2.75, 3.05) is 18.0 Å². The second kappa shape index (κ2) is 7.83. The monoisotopic (exact) mass is 432 g/mol. The minimum absolute atomic E-state index is 0.0674.